The highest BCUT2D eigenvalue weighted by molar-refractivity contribution is 5.74. The number of aryl methyl sites for hydroxylation is 1. The van der Waals surface area contributed by atoms with Gasteiger partial charge in [-0.15, -0.1) is 0 Å². The van der Waals surface area contributed by atoms with Crippen LogP contribution < -0.4 is 10.6 Å². The smallest absolute Gasteiger partial charge is 0.315 e. The number of carbonyl (C=O) groups excluding carboxylic acids is 1. The van der Waals surface area contributed by atoms with Gasteiger partial charge in [0.2, 0.25) is 0 Å². The molecule has 2 amide bonds. The van der Waals surface area contributed by atoms with Crippen LogP contribution in [0.3, 0.4) is 0 Å². The molecule has 0 aromatic heterocycles. The van der Waals surface area contributed by atoms with E-state index in [1.807, 2.05) is 55.5 Å². The minimum Gasteiger partial charge on any atom is -0.338 e. The summed E-state index contributed by atoms with van der Waals surface area (Å²) in [6.45, 7) is 2.67. The number of rotatable bonds is 6. The Balaban J connectivity index is 1.66. The Hall–Kier alpha value is -2.29. The van der Waals surface area contributed by atoms with E-state index < -0.39 is 0 Å². The summed E-state index contributed by atoms with van der Waals surface area (Å²) < 4.78 is 0. The van der Waals surface area contributed by atoms with Crippen LogP contribution in [0.2, 0.25) is 0 Å². The predicted octanol–water partition coefficient (Wildman–Crippen LogP) is 3.68. The second-order valence-corrected chi connectivity index (χ2v) is 5.12. The molecule has 1 atom stereocenters. The molecule has 3 nitrogen and oxygen atoms in total. The van der Waals surface area contributed by atoms with Gasteiger partial charge in [-0.3, -0.25) is 0 Å². The van der Waals surface area contributed by atoms with Gasteiger partial charge < -0.3 is 10.6 Å². The van der Waals surface area contributed by atoms with Crippen molar-refractivity contribution in [1.29, 1.82) is 0 Å². The summed E-state index contributed by atoms with van der Waals surface area (Å²) >= 11 is 0. The first-order valence-electron chi connectivity index (χ1n) is 7.39. The van der Waals surface area contributed by atoms with Crippen molar-refractivity contribution in [3.8, 4) is 0 Å². The first-order valence-corrected chi connectivity index (χ1v) is 7.39. The van der Waals surface area contributed by atoms with Crippen molar-refractivity contribution in [2.45, 2.75) is 25.8 Å². The normalized spacial score (nSPS) is 11.7. The van der Waals surface area contributed by atoms with Gasteiger partial charge in [-0.2, -0.15) is 0 Å². The van der Waals surface area contributed by atoms with Gasteiger partial charge in [0.15, 0.2) is 0 Å². The maximum Gasteiger partial charge on any atom is 0.315 e. The summed E-state index contributed by atoms with van der Waals surface area (Å²) in [6, 6.07) is 20.2. The number of carbonyl (C=O) groups is 1. The molecular weight excluding hydrogens is 260 g/mol. The fourth-order valence-corrected chi connectivity index (χ4v) is 2.21. The molecule has 0 bridgehead atoms. The van der Waals surface area contributed by atoms with E-state index >= 15 is 0 Å². The van der Waals surface area contributed by atoms with E-state index in [4.69, 9.17) is 0 Å². The number of nitrogens with one attached hydrogen (secondary N) is 2. The van der Waals surface area contributed by atoms with Gasteiger partial charge in [-0.05, 0) is 30.9 Å². The summed E-state index contributed by atoms with van der Waals surface area (Å²) in [6.07, 6.45) is 1.92. The van der Waals surface area contributed by atoms with Gasteiger partial charge >= 0.3 is 6.03 Å². The van der Waals surface area contributed by atoms with E-state index in [1.165, 1.54) is 5.56 Å². The van der Waals surface area contributed by atoms with Gasteiger partial charge in [0.1, 0.15) is 0 Å². The summed E-state index contributed by atoms with van der Waals surface area (Å²) in [5.41, 5.74) is 2.41. The molecule has 0 heterocycles. The van der Waals surface area contributed by atoms with Crippen LogP contribution in [0.25, 0.3) is 0 Å². The maximum absolute atomic E-state index is 11.8. The van der Waals surface area contributed by atoms with Crippen molar-refractivity contribution in [2.75, 3.05) is 6.54 Å². The lowest BCUT2D eigenvalue weighted by atomic mass is 10.1. The summed E-state index contributed by atoms with van der Waals surface area (Å²) in [5.74, 6) is 0. The van der Waals surface area contributed by atoms with E-state index in [9.17, 15) is 4.79 Å². The SMILES string of the molecule is C[C@@H](NC(=O)NCCCc1ccccc1)c1ccccc1. The molecule has 3 heteroatoms. The lowest BCUT2D eigenvalue weighted by molar-refractivity contribution is 0.238. The molecule has 0 aliphatic carbocycles. The monoisotopic (exact) mass is 282 g/mol. The van der Waals surface area contributed by atoms with Crippen LogP contribution in [0.5, 0.6) is 0 Å². The molecule has 0 spiro atoms. The van der Waals surface area contributed by atoms with Crippen molar-refractivity contribution in [1.82, 2.24) is 10.6 Å². The van der Waals surface area contributed by atoms with Gasteiger partial charge in [0.25, 0.3) is 0 Å². The highest BCUT2D eigenvalue weighted by Crippen LogP contribution is 2.10. The van der Waals surface area contributed by atoms with E-state index in [2.05, 4.69) is 22.8 Å². The van der Waals surface area contributed by atoms with E-state index in [-0.39, 0.29) is 12.1 Å². The van der Waals surface area contributed by atoms with Crippen molar-refractivity contribution in [2.24, 2.45) is 0 Å². The Morgan fingerprint density at radius 1 is 1.00 bits per heavy atom. The van der Waals surface area contributed by atoms with Crippen LogP contribution in [0, 0.1) is 0 Å². The molecule has 0 saturated heterocycles. The summed E-state index contributed by atoms with van der Waals surface area (Å²) in [5, 5.41) is 5.85. The van der Waals surface area contributed by atoms with Crippen molar-refractivity contribution >= 4 is 6.03 Å². The minimum atomic E-state index is -0.112. The van der Waals surface area contributed by atoms with Gasteiger partial charge in [0, 0.05) is 6.54 Å². The number of urea groups is 1. The summed E-state index contributed by atoms with van der Waals surface area (Å²) in [4.78, 5) is 11.8. The molecule has 0 aliphatic rings. The third kappa shape index (κ3) is 5.30. The number of amides is 2. The Morgan fingerprint density at radius 3 is 2.29 bits per heavy atom. The van der Waals surface area contributed by atoms with Gasteiger partial charge in [-0.25, -0.2) is 4.79 Å². The molecule has 0 unspecified atom stereocenters. The Kier molecular flexibility index (Phi) is 5.83. The topological polar surface area (TPSA) is 41.1 Å². The molecule has 2 rings (SSSR count). The van der Waals surface area contributed by atoms with Crippen molar-refractivity contribution in [3.05, 3.63) is 71.8 Å². The predicted molar refractivity (Wildman–Crippen MR) is 86.2 cm³/mol. The lowest BCUT2D eigenvalue weighted by Crippen LogP contribution is -2.37. The van der Waals surface area contributed by atoms with E-state index in [1.54, 1.807) is 0 Å². The highest BCUT2D eigenvalue weighted by atomic mass is 16.2. The molecule has 0 aliphatic heterocycles. The molecule has 2 aromatic rings. The van der Waals surface area contributed by atoms with Crippen molar-refractivity contribution < 1.29 is 4.79 Å². The number of benzene rings is 2. The first kappa shape index (κ1) is 15.1. The zero-order valence-electron chi connectivity index (χ0n) is 12.4. The molecule has 0 fully saturated rings. The first-order chi connectivity index (χ1) is 10.3. The second-order valence-electron chi connectivity index (χ2n) is 5.12. The standard InChI is InChI=1S/C18H22N2O/c1-15(17-12-6-3-7-13-17)20-18(21)19-14-8-11-16-9-4-2-5-10-16/h2-7,9-10,12-13,15H,8,11,14H2,1H3,(H2,19,20,21)/t15-/m1/s1. The molecular formula is C18H22N2O. The Labute approximate surface area is 126 Å². The molecule has 21 heavy (non-hydrogen) atoms. The van der Waals surface area contributed by atoms with Gasteiger partial charge in [-0.1, -0.05) is 60.7 Å². The molecule has 0 radical (unpaired) electrons. The molecule has 110 valence electrons. The van der Waals surface area contributed by atoms with E-state index in [0.29, 0.717) is 6.54 Å². The van der Waals surface area contributed by atoms with Crippen LogP contribution in [-0.2, 0) is 6.42 Å². The van der Waals surface area contributed by atoms with Crippen LogP contribution in [0.1, 0.15) is 30.5 Å². The molecule has 2 aromatic carbocycles. The van der Waals surface area contributed by atoms with Crippen LogP contribution in [0.4, 0.5) is 4.79 Å². The quantitative estimate of drug-likeness (QED) is 0.780. The fraction of sp³-hybridized carbons (Fsp3) is 0.278. The maximum atomic E-state index is 11.8. The zero-order chi connectivity index (χ0) is 14.9. The highest BCUT2D eigenvalue weighted by Gasteiger charge is 2.07. The van der Waals surface area contributed by atoms with E-state index in [0.717, 1.165) is 18.4 Å². The second kappa shape index (κ2) is 8.10. The minimum absolute atomic E-state index is 0.0142. The molecule has 0 saturated carbocycles. The average Bonchev–Trinajstić information content (AvgIpc) is 2.53. The number of hydrogen-bond acceptors (Lipinski definition) is 1. The largest absolute Gasteiger partial charge is 0.338 e. The van der Waals surface area contributed by atoms with Gasteiger partial charge in [0.05, 0.1) is 6.04 Å². The van der Waals surface area contributed by atoms with Crippen molar-refractivity contribution in [3.63, 3.8) is 0 Å². The third-order valence-electron chi connectivity index (χ3n) is 3.42. The Morgan fingerprint density at radius 2 is 1.62 bits per heavy atom. The third-order valence-corrected chi connectivity index (χ3v) is 3.42. The average molecular weight is 282 g/mol. The van der Waals surface area contributed by atoms with Crippen LogP contribution >= 0.6 is 0 Å². The number of hydrogen-bond donors (Lipinski definition) is 2. The fourth-order valence-electron chi connectivity index (χ4n) is 2.21. The summed E-state index contributed by atoms with van der Waals surface area (Å²) in [7, 11) is 0. The van der Waals surface area contributed by atoms with Crippen LogP contribution in [-0.4, -0.2) is 12.6 Å². The Bertz CT molecular complexity index is 540. The van der Waals surface area contributed by atoms with Crippen LogP contribution in [0.15, 0.2) is 60.7 Å². The lowest BCUT2D eigenvalue weighted by Gasteiger charge is -2.15. The zero-order valence-corrected chi connectivity index (χ0v) is 12.4. The molecule has 2 N–H and O–H groups in total.